The average molecular weight is 278 g/mol. The molecule has 0 bridgehead atoms. The fourth-order valence-electron chi connectivity index (χ4n) is 3.66. The molecule has 2 saturated carbocycles. The van der Waals surface area contributed by atoms with Gasteiger partial charge in [-0.3, -0.25) is 0 Å². The molecule has 0 radical (unpaired) electrons. The zero-order chi connectivity index (χ0) is 14.2. The highest BCUT2D eigenvalue weighted by Crippen LogP contribution is 2.26. The van der Waals surface area contributed by atoms with Gasteiger partial charge in [-0.15, -0.1) is 0 Å². The first-order valence-corrected chi connectivity index (χ1v) is 8.84. The Labute approximate surface area is 124 Å². The summed E-state index contributed by atoms with van der Waals surface area (Å²) in [4.78, 5) is 0. The summed E-state index contributed by atoms with van der Waals surface area (Å²) in [5, 5.41) is 6.73. The van der Waals surface area contributed by atoms with Crippen molar-refractivity contribution in [3.63, 3.8) is 0 Å². The minimum Gasteiger partial charge on any atom is -0.213 e. The first-order valence-electron chi connectivity index (χ1n) is 8.84. The van der Waals surface area contributed by atoms with Crippen molar-refractivity contribution in [2.45, 2.75) is 90.1 Å². The van der Waals surface area contributed by atoms with E-state index < -0.39 is 0 Å². The van der Waals surface area contributed by atoms with Crippen LogP contribution in [-0.2, 0) is 0 Å². The molecule has 0 aliphatic heterocycles. The van der Waals surface area contributed by atoms with E-state index in [4.69, 9.17) is 0 Å². The van der Waals surface area contributed by atoms with Crippen LogP contribution in [0, 0.1) is 0 Å². The highest BCUT2D eigenvalue weighted by Gasteiger charge is 2.28. The number of nitrogens with zero attached hydrogens (tertiary/aromatic N) is 3. The van der Waals surface area contributed by atoms with Gasteiger partial charge < -0.3 is 0 Å². The van der Waals surface area contributed by atoms with Crippen LogP contribution in [0.25, 0.3) is 0 Å². The molecular weight excluding hydrogens is 246 g/mol. The highest BCUT2D eigenvalue weighted by atomic mass is 15.4. The van der Waals surface area contributed by atoms with Crippen LogP contribution in [-0.4, -0.2) is 40.8 Å². The lowest BCUT2D eigenvalue weighted by Crippen LogP contribution is -2.37. The van der Waals surface area contributed by atoms with Gasteiger partial charge in [0.25, 0.3) is 0 Å². The smallest absolute Gasteiger partial charge is 0.213 e. The molecule has 0 aromatic rings. The van der Waals surface area contributed by atoms with Crippen molar-refractivity contribution in [1.29, 1.82) is 0 Å². The van der Waals surface area contributed by atoms with E-state index in [0.29, 0.717) is 12.1 Å². The molecule has 2 aliphatic carbocycles. The average Bonchev–Trinajstić information content (AvgIpc) is 2.53. The maximum atomic E-state index is 4.62. The summed E-state index contributed by atoms with van der Waals surface area (Å²) in [6.07, 6.45) is 13.8. The number of rotatable bonds is 5. The van der Waals surface area contributed by atoms with Gasteiger partial charge in [0.15, 0.2) is 0 Å². The Bertz CT molecular complexity index is 308. The molecule has 0 aromatic carbocycles. The van der Waals surface area contributed by atoms with Crippen molar-refractivity contribution in [2.24, 2.45) is 5.10 Å². The second-order valence-electron chi connectivity index (χ2n) is 6.33. The SMILES string of the molecule is CCN(CC)N=C=[N+](C1CCCCC1)C1CCCCC1. The van der Waals surface area contributed by atoms with E-state index in [1.807, 2.05) is 0 Å². The van der Waals surface area contributed by atoms with E-state index in [1.54, 1.807) is 0 Å². The van der Waals surface area contributed by atoms with E-state index in [1.165, 1.54) is 64.2 Å². The largest absolute Gasteiger partial charge is 0.339 e. The van der Waals surface area contributed by atoms with E-state index in [-0.39, 0.29) is 0 Å². The normalized spacial score (nSPS) is 21.3. The summed E-state index contributed by atoms with van der Waals surface area (Å²) in [7, 11) is 0. The first kappa shape index (κ1) is 15.6. The minimum atomic E-state index is 0.700. The van der Waals surface area contributed by atoms with Crippen molar-refractivity contribution in [3.8, 4) is 0 Å². The van der Waals surface area contributed by atoms with Crippen LogP contribution in [0.2, 0.25) is 0 Å². The van der Waals surface area contributed by atoms with E-state index in [0.717, 1.165) is 13.1 Å². The van der Waals surface area contributed by atoms with E-state index in [2.05, 4.69) is 34.5 Å². The molecule has 0 saturated heterocycles. The molecule has 2 rings (SSSR count). The Morgan fingerprint density at radius 1 is 0.850 bits per heavy atom. The lowest BCUT2D eigenvalue weighted by atomic mass is 9.90. The molecule has 3 heteroatoms. The van der Waals surface area contributed by atoms with Gasteiger partial charge in [0.1, 0.15) is 12.1 Å². The summed E-state index contributed by atoms with van der Waals surface area (Å²) in [6, 6.07) is 4.85. The molecule has 2 aliphatic rings. The maximum Gasteiger partial charge on any atom is 0.339 e. The molecule has 0 spiro atoms. The van der Waals surface area contributed by atoms with Crippen LogP contribution in [0.4, 0.5) is 0 Å². The van der Waals surface area contributed by atoms with Gasteiger partial charge in [-0.1, -0.05) is 12.8 Å². The Morgan fingerprint density at radius 2 is 1.30 bits per heavy atom. The molecule has 0 aromatic heterocycles. The second-order valence-corrected chi connectivity index (χ2v) is 6.33. The summed E-state index contributed by atoms with van der Waals surface area (Å²) in [6.45, 7) is 6.29. The zero-order valence-corrected chi connectivity index (χ0v) is 13.5. The number of hydrogen-bond acceptors (Lipinski definition) is 2. The topological polar surface area (TPSA) is 18.6 Å². The molecule has 114 valence electrons. The summed E-state index contributed by atoms with van der Waals surface area (Å²) in [5.41, 5.74) is 0. The molecule has 0 N–H and O–H groups in total. The van der Waals surface area contributed by atoms with Crippen molar-refractivity contribution >= 4 is 6.01 Å². The monoisotopic (exact) mass is 278 g/mol. The van der Waals surface area contributed by atoms with Gasteiger partial charge in [0.2, 0.25) is 0 Å². The van der Waals surface area contributed by atoms with Crippen molar-refractivity contribution < 1.29 is 4.58 Å². The third-order valence-corrected chi connectivity index (χ3v) is 4.97. The highest BCUT2D eigenvalue weighted by molar-refractivity contribution is 5.33. The Morgan fingerprint density at radius 3 is 1.70 bits per heavy atom. The first-order chi connectivity index (χ1) is 9.85. The predicted molar refractivity (Wildman–Crippen MR) is 84.4 cm³/mol. The third kappa shape index (κ3) is 4.34. The van der Waals surface area contributed by atoms with Gasteiger partial charge in [0, 0.05) is 0 Å². The van der Waals surface area contributed by atoms with Crippen LogP contribution in [0.3, 0.4) is 0 Å². The van der Waals surface area contributed by atoms with Crippen molar-refractivity contribution in [1.82, 2.24) is 5.01 Å². The Balaban J connectivity index is 2.15. The fraction of sp³-hybridized carbons (Fsp3) is 0.941. The lowest BCUT2D eigenvalue weighted by molar-refractivity contribution is -0.602. The Hall–Kier alpha value is -0.820. The van der Waals surface area contributed by atoms with Gasteiger partial charge >= 0.3 is 6.01 Å². The minimum absolute atomic E-state index is 0.700. The van der Waals surface area contributed by atoms with Gasteiger partial charge in [-0.2, -0.15) is 5.01 Å². The van der Waals surface area contributed by atoms with Gasteiger partial charge in [-0.05, 0) is 65.2 Å². The molecule has 0 amide bonds. The number of hydrazone groups is 1. The predicted octanol–water partition coefficient (Wildman–Crippen LogP) is 4.10. The fourth-order valence-corrected chi connectivity index (χ4v) is 3.66. The van der Waals surface area contributed by atoms with Crippen molar-refractivity contribution in [3.05, 3.63) is 0 Å². The van der Waals surface area contributed by atoms with Crippen LogP contribution in [0.1, 0.15) is 78.1 Å². The van der Waals surface area contributed by atoms with E-state index >= 15 is 0 Å². The van der Waals surface area contributed by atoms with Gasteiger partial charge in [0.05, 0.1) is 18.2 Å². The van der Waals surface area contributed by atoms with Crippen molar-refractivity contribution in [2.75, 3.05) is 13.1 Å². The molecule has 0 atom stereocenters. The van der Waals surface area contributed by atoms with Gasteiger partial charge in [-0.25, -0.2) is 4.58 Å². The lowest BCUT2D eigenvalue weighted by Gasteiger charge is -2.28. The summed E-state index contributed by atoms with van der Waals surface area (Å²) in [5.74, 6) is 0. The van der Waals surface area contributed by atoms with E-state index in [9.17, 15) is 0 Å². The molecule has 3 nitrogen and oxygen atoms in total. The molecular formula is C17H32N3+. The summed E-state index contributed by atoms with van der Waals surface area (Å²) < 4.78 is 2.52. The van der Waals surface area contributed by atoms with Crippen LogP contribution in [0.15, 0.2) is 5.10 Å². The Kier molecular flexibility index (Phi) is 6.59. The number of hydrogen-bond donors (Lipinski definition) is 0. The quantitative estimate of drug-likeness (QED) is 0.421. The van der Waals surface area contributed by atoms with Crippen LogP contribution < -0.4 is 0 Å². The molecule has 20 heavy (non-hydrogen) atoms. The molecule has 2 fully saturated rings. The standard InChI is InChI=1S/C17H32N3/c1-3-19(4-2)18-15-20(16-11-7-5-8-12-16)17-13-9-6-10-14-17/h16-17H,3-14H2,1-2H3/q+1. The second kappa shape index (κ2) is 8.46. The van der Waals surface area contributed by atoms with Crippen LogP contribution >= 0.6 is 0 Å². The molecule has 0 heterocycles. The summed E-state index contributed by atoms with van der Waals surface area (Å²) >= 11 is 0. The zero-order valence-electron chi connectivity index (χ0n) is 13.5. The van der Waals surface area contributed by atoms with Crippen LogP contribution in [0.5, 0.6) is 0 Å². The third-order valence-electron chi connectivity index (χ3n) is 4.97. The molecule has 0 unspecified atom stereocenters. The maximum absolute atomic E-state index is 4.62.